The van der Waals surface area contributed by atoms with Crippen molar-refractivity contribution in [3.8, 4) is 0 Å². The van der Waals surface area contributed by atoms with Crippen LogP contribution in [0.1, 0.15) is 38.1 Å². The third-order valence-electron chi connectivity index (χ3n) is 2.68. The van der Waals surface area contributed by atoms with Crippen LogP contribution in [0.5, 0.6) is 0 Å². The smallest absolute Gasteiger partial charge is 0.311 e. The SMILES string of the molecule is CCOC(=O)C(C)(C)CC(Cl)c1ccccc1. The average molecular weight is 255 g/mol. The maximum atomic E-state index is 11.8. The average Bonchev–Trinajstić information content (AvgIpc) is 2.30. The summed E-state index contributed by atoms with van der Waals surface area (Å²) in [5.41, 5.74) is 0.477. The molecule has 1 aromatic rings. The first-order valence-electron chi connectivity index (χ1n) is 5.83. The minimum Gasteiger partial charge on any atom is -0.466 e. The Labute approximate surface area is 108 Å². The molecule has 3 heteroatoms. The van der Waals surface area contributed by atoms with Crippen molar-refractivity contribution in [2.75, 3.05) is 6.61 Å². The number of benzene rings is 1. The fraction of sp³-hybridized carbons (Fsp3) is 0.500. The molecule has 0 aromatic heterocycles. The number of hydrogen-bond donors (Lipinski definition) is 0. The van der Waals surface area contributed by atoms with Gasteiger partial charge in [0.05, 0.1) is 17.4 Å². The molecule has 0 saturated carbocycles. The van der Waals surface area contributed by atoms with Gasteiger partial charge in [-0.1, -0.05) is 30.3 Å². The van der Waals surface area contributed by atoms with E-state index >= 15 is 0 Å². The van der Waals surface area contributed by atoms with Crippen molar-refractivity contribution in [3.63, 3.8) is 0 Å². The summed E-state index contributed by atoms with van der Waals surface area (Å²) < 4.78 is 5.05. The van der Waals surface area contributed by atoms with Crippen LogP contribution >= 0.6 is 11.6 Å². The highest BCUT2D eigenvalue weighted by molar-refractivity contribution is 6.20. The van der Waals surface area contributed by atoms with Crippen molar-refractivity contribution in [2.24, 2.45) is 5.41 Å². The Bertz CT molecular complexity index is 360. The van der Waals surface area contributed by atoms with Crippen LogP contribution in [-0.2, 0) is 9.53 Å². The second-order valence-corrected chi connectivity index (χ2v) is 5.21. The molecular weight excluding hydrogens is 236 g/mol. The minimum absolute atomic E-state index is 0.171. The van der Waals surface area contributed by atoms with Gasteiger partial charge in [-0.3, -0.25) is 4.79 Å². The van der Waals surface area contributed by atoms with Crippen molar-refractivity contribution in [3.05, 3.63) is 35.9 Å². The first kappa shape index (κ1) is 14.0. The second-order valence-electron chi connectivity index (χ2n) is 4.69. The maximum absolute atomic E-state index is 11.8. The molecule has 0 heterocycles. The van der Waals surface area contributed by atoms with Gasteiger partial charge in [-0.2, -0.15) is 0 Å². The molecule has 0 fully saturated rings. The Morgan fingerprint density at radius 2 is 1.94 bits per heavy atom. The van der Waals surface area contributed by atoms with Crippen molar-refractivity contribution in [1.82, 2.24) is 0 Å². The first-order valence-corrected chi connectivity index (χ1v) is 6.27. The van der Waals surface area contributed by atoms with E-state index in [0.717, 1.165) is 5.56 Å². The number of ether oxygens (including phenoxy) is 1. The first-order chi connectivity index (χ1) is 7.97. The van der Waals surface area contributed by atoms with Gasteiger partial charge in [-0.05, 0) is 32.8 Å². The number of esters is 1. The van der Waals surface area contributed by atoms with Crippen LogP contribution in [-0.4, -0.2) is 12.6 Å². The summed E-state index contributed by atoms with van der Waals surface area (Å²) in [6.07, 6.45) is 0.567. The number of carbonyl (C=O) groups excluding carboxylic acids is 1. The molecule has 0 amide bonds. The van der Waals surface area contributed by atoms with E-state index in [2.05, 4.69) is 0 Å². The molecule has 2 nitrogen and oxygen atoms in total. The Balaban J connectivity index is 2.67. The Kier molecular flexibility index (Phi) is 5.01. The van der Waals surface area contributed by atoms with Crippen molar-refractivity contribution in [1.29, 1.82) is 0 Å². The number of carbonyl (C=O) groups is 1. The van der Waals surface area contributed by atoms with E-state index in [0.29, 0.717) is 13.0 Å². The van der Waals surface area contributed by atoms with Crippen LogP contribution in [0.4, 0.5) is 0 Å². The van der Waals surface area contributed by atoms with E-state index < -0.39 is 5.41 Å². The molecule has 0 aliphatic heterocycles. The molecule has 0 spiro atoms. The highest BCUT2D eigenvalue weighted by Crippen LogP contribution is 2.35. The lowest BCUT2D eigenvalue weighted by Crippen LogP contribution is -2.27. The molecule has 0 saturated heterocycles. The second kappa shape index (κ2) is 6.06. The predicted molar refractivity (Wildman–Crippen MR) is 70.1 cm³/mol. The fourth-order valence-corrected chi connectivity index (χ4v) is 2.17. The van der Waals surface area contributed by atoms with Gasteiger partial charge in [0, 0.05) is 0 Å². The summed E-state index contributed by atoms with van der Waals surface area (Å²) >= 11 is 6.33. The van der Waals surface area contributed by atoms with Crippen LogP contribution < -0.4 is 0 Å². The topological polar surface area (TPSA) is 26.3 Å². The fourth-order valence-electron chi connectivity index (χ4n) is 1.64. The maximum Gasteiger partial charge on any atom is 0.311 e. The van der Waals surface area contributed by atoms with Gasteiger partial charge in [0.15, 0.2) is 0 Å². The van der Waals surface area contributed by atoms with E-state index in [9.17, 15) is 4.79 Å². The lowest BCUT2D eigenvalue weighted by Gasteiger charge is -2.24. The van der Waals surface area contributed by atoms with Gasteiger partial charge in [0.1, 0.15) is 0 Å². The van der Waals surface area contributed by atoms with Gasteiger partial charge < -0.3 is 4.74 Å². The molecule has 0 bridgehead atoms. The van der Waals surface area contributed by atoms with Crippen molar-refractivity contribution in [2.45, 2.75) is 32.6 Å². The molecule has 94 valence electrons. The number of halogens is 1. The highest BCUT2D eigenvalue weighted by Gasteiger charge is 2.32. The van der Waals surface area contributed by atoms with E-state index in [1.54, 1.807) is 0 Å². The number of alkyl halides is 1. The van der Waals surface area contributed by atoms with Gasteiger partial charge in [-0.15, -0.1) is 11.6 Å². The summed E-state index contributed by atoms with van der Waals surface area (Å²) in [6, 6.07) is 9.78. The Hall–Kier alpha value is -1.02. The van der Waals surface area contributed by atoms with E-state index in [4.69, 9.17) is 16.3 Å². The normalized spacial score (nSPS) is 13.2. The number of hydrogen-bond acceptors (Lipinski definition) is 2. The van der Waals surface area contributed by atoms with E-state index in [1.165, 1.54) is 0 Å². The van der Waals surface area contributed by atoms with Crippen LogP contribution in [0.15, 0.2) is 30.3 Å². The third kappa shape index (κ3) is 4.04. The van der Waals surface area contributed by atoms with Gasteiger partial charge >= 0.3 is 5.97 Å². The van der Waals surface area contributed by atoms with Crippen LogP contribution in [0.3, 0.4) is 0 Å². The minimum atomic E-state index is -0.557. The summed E-state index contributed by atoms with van der Waals surface area (Å²) in [5.74, 6) is -0.193. The predicted octanol–water partition coefficient (Wildman–Crippen LogP) is 3.95. The summed E-state index contributed by atoms with van der Waals surface area (Å²) in [7, 11) is 0. The van der Waals surface area contributed by atoms with Gasteiger partial charge in [0.2, 0.25) is 0 Å². The van der Waals surface area contributed by atoms with Gasteiger partial charge in [-0.25, -0.2) is 0 Å². The Morgan fingerprint density at radius 3 is 2.47 bits per heavy atom. The standard InChI is InChI=1S/C14H19ClO2/c1-4-17-13(16)14(2,3)10-12(15)11-8-6-5-7-9-11/h5-9,12H,4,10H2,1-3H3. The quantitative estimate of drug-likeness (QED) is 0.588. The van der Waals surface area contributed by atoms with Crippen LogP contribution in [0.2, 0.25) is 0 Å². The molecule has 1 atom stereocenters. The highest BCUT2D eigenvalue weighted by atomic mass is 35.5. The molecule has 1 rings (SSSR count). The monoisotopic (exact) mass is 254 g/mol. The lowest BCUT2D eigenvalue weighted by atomic mass is 9.86. The van der Waals surface area contributed by atoms with Crippen LogP contribution in [0.25, 0.3) is 0 Å². The summed E-state index contributed by atoms with van der Waals surface area (Å²) in [6.45, 7) is 5.94. The third-order valence-corrected chi connectivity index (χ3v) is 3.09. The van der Waals surface area contributed by atoms with Crippen molar-refractivity contribution >= 4 is 17.6 Å². The molecule has 17 heavy (non-hydrogen) atoms. The van der Waals surface area contributed by atoms with E-state index in [1.807, 2.05) is 51.1 Å². The molecule has 0 radical (unpaired) electrons. The molecule has 0 aliphatic rings. The number of rotatable bonds is 5. The van der Waals surface area contributed by atoms with Crippen molar-refractivity contribution < 1.29 is 9.53 Å². The lowest BCUT2D eigenvalue weighted by molar-refractivity contribution is -0.153. The molecule has 0 N–H and O–H groups in total. The summed E-state index contributed by atoms with van der Waals surface area (Å²) in [5, 5.41) is -0.171. The Morgan fingerprint density at radius 1 is 1.35 bits per heavy atom. The van der Waals surface area contributed by atoms with E-state index in [-0.39, 0.29) is 11.3 Å². The molecule has 1 aromatic carbocycles. The molecular formula is C14H19ClO2. The largest absolute Gasteiger partial charge is 0.466 e. The molecule has 0 aliphatic carbocycles. The zero-order valence-corrected chi connectivity index (χ0v) is 11.3. The summed E-state index contributed by atoms with van der Waals surface area (Å²) in [4.78, 5) is 11.8. The zero-order valence-electron chi connectivity index (χ0n) is 10.6. The zero-order chi connectivity index (χ0) is 12.9. The van der Waals surface area contributed by atoms with Gasteiger partial charge in [0.25, 0.3) is 0 Å². The molecule has 1 unspecified atom stereocenters. The van der Waals surface area contributed by atoms with Crippen LogP contribution in [0, 0.1) is 5.41 Å².